The Bertz CT molecular complexity index is 1110. The van der Waals surface area contributed by atoms with Crippen molar-refractivity contribution in [3.63, 3.8) is 0 Å². The van der Waals surface area contributed by atoms with E-state index in [-0.39, 0.29) is 5.56 Å². The highest BCUT2D eigenvalue weighted by molar-refractivity contribution is 5.82. The van der Waals surface area contributed by atoms with Crippen molar-refractivity contribution in [2.75, 3.05) is 13.6 Å². The molecule has 0 aliphatic rings. The smallest absolute Gasteiger partial charge is 0.275 e. The van der Waals surface area contributed by atoms with Crippen molar-refractivity contribution >= 4 is 11.1 Å². The quantitative estimate of drug-likeness (QED) is 0.666. The Morgan fingerprint density at radius 1 is 1.36 bits per heavy atom. The lowest BCUT2D eigenvalue weighted by molar-refractivity contribution is 0.484. The summed E-state index contributed by atoms with van der Waals surface area (Å²) in [6.45, 7) is 9.29. The van der Waals surface area contributed by atoms with Crippen molar-refractivity contribution in [3.05, 3.63) is 57.9 Å². The van der Waals surface area contributed by atoms with Crippen LogP contribution in [-0.2, 0) is 7.05 Å². The standard InChI is InChI=1S/C21H28N6O/c1-7-14(3)16(9-11-25(5)8-2)17-13-27-18(15(17)4)21(28)23-19(24-27)20-22-10-12-26(20)6/h9-13H,7-8H2,1-6H3,(H,23,24,28)/b11-9-,16-14?. The molecule has 0 saturated heterocycles. The van der Waals surface area contributed by atoms with E-state index < -0.39 is 0 Å². The summed E-state index contributed by atoms with van der Waals surface area (Å²) in [4.78, 5) is 22.1. The number of aromatic amines is 1. The van der Waals surface area contributed by atoms with Gasteiger partial charge in [-0.1, -0.05) is 12.5 Å². The molecule has 3 aromatic heterocycles. The Morgan fingerprint density at radius 3 is 2.71 bits per heavy atom. The SMILES string of the molecule is CCC(C)=C(/C=C\N(C)CC)c1cn2nc(-c3nccn3C)[nH]c(=O)c2c1C. The molecule has 0 aliphatic carbocycles. The number of nitrogens with zero attached hydrogens (tertiary/aromatic N) is 5. The number of nitrogens with one attached hydrogen (secondary N) is 1. The van der Waals surface area contributed by atoms with Gasteiger partial charge in [-0.3, -0.25) is 4.79 Å². The number of hydrogen-bond donors (Lipinski definition) is 1. The predicted molar refractivity (Wildman–Crippen MR) is 113 cm³/mol. The number of hydrogen-bond acceptors (Lipinski definition) is 4. The molecule has 7 heteroatoms. The van der Waals surface area contributed by atoms with Crippen molar-refractivity contribution in [1.29, 1.82) is 0 Å². The molecule has 0 spiro atoms. The zero-order valence-corrected chi connectivity index (χ0v) is 17.4. The maximum atomic E-state index is 12.8. The van der Waals surface area contributed by atoms with Crippen LogP contribution in [0.5, 0.6) is 0 Å². The van der Waals surface area contributed by atoms with Gasteiger partial charge < -0.3 is 14.5 Å². The second-order valence-corrected chi connectivity index (χ2v) is 7.06. The first-order valence-electron chi connectivity index (χ1n) is 9.55. The van der Waals surface area contributed by atoms with Crippen LogP contribution in [-0.4, -0.2) is 42.6 Å². The molecule has 0 radical (unpaired) electrons. The average molecular weight is 380 g/mol. The van der Waals surface area contributed by atoms with Gasteiger partial charge in [-0.25, -0.2) is 9.50 Å². The molecule has 0 fully saturated rings. The van der Waals surface area contributed by atoms with Gasteiger partial charge in [0.2, 0.25) is 0 Å². The topological polar surface area (TPSA) is 71.2 Å². The molecule has 1 N–H and O–H groups in total. The first-order chi connectivity index (χ1) is 13.4. The lowest BCUT2D eigenvalue weighted by Crippen LogP contribution is -2.15. The van der Waals surface area contributed by atoms with E-state index in [2.05, 4.69) is 53.0 Å². The van der Waals surface area contributed by atoms with Crippen LogP contribution in [0.4, 0.5) is 0 Å². The van der Waals surface area contributed by atoms with Crippen molar-refractivity contribution in [3.8, 4) is 11.6 Å². The van der Waals surface area contributed by atoms with Gasteiger partial charge >= 0.3 is 0 Å². The Hall–Kier alpha value is -3.09. The van der Waals surface area contributed by atoms with Gasteiger partial charge in [0.15, 0.2) is 11.6 Å². The zero-order valence-electron chi connectivity index (χ0n) is 17.4. The highest BCUT2D eigenvalue weighted by Gasteiger charge is 2.17. The lowest BCUT2D eigenvalue weighted by atomic mass is 9.98. The summed E-state index contributed by atoms with van der Waals surface area (Å²) in [5.41, 5.74) is 4.73. The fraction of sp³-hybridized carbons (Fsp3) is 0.381. The van der Waals surface area contributed by atoms with Gasteiger partial charge in [0.05, 0.1) is 0 Å². The predicted octanol–water partition coefficient (Wildman–Crippen LogP) is 3.38. The number of aromatic nitrogens is 5. The Kier molecular flexibility index (Phi) is 5.53. The second-order valence-electron chi connectivity index (χ2n) is 7.06. The average Bonchev–Trinajstić information content (AvgIpc) is 3.25. The van der Waals surface area contributed by atoms with E-state index in [4.69, 9.17) is 0 Å². The van der Waals surface area contributed by atoms with Crippen molar-refractivity contribution in [2.45, 2.75) is 34.1 Å². The number of aryl methyl sites for hydroxylation is 2. The molecule has 28 heavy (non-hydrogen) atoms. The third-order valence-electron chi connectivity index (χ3n) is 5.20. The van der Waals surface area contributed by atoms with E-state index >= 15 is 0 Å². The van der Waals surface area contributed by atoms with Crippen LogP contribution in [0.25, 0.3) is 22.7 Å². The summed E-state index contributed by atoms with van der Waals surface area (Å²) in [5.74, 6) is 1.07. The van der Waals surface area contributed by atoms with Gasteiger partial charge in [-0.15, -0.1) is 5.10 Å². The molecule has 0 atom stereocenters. The van der Waals surface area contributed by atoms with E-state index in [9.17, 15) is 4.79 Å². The van der Waals surface area contributed by atoms with Crippen LogP contribution in [0.15, 0.2) is 41.2 Å². The summed E-state index contributed by atoms with van der Waals surface area (Å²) in [6.07, 6.45) is 10.6. The monoisotopic (exact) mass is 380 g/mol. The number of fused-ring (bicyclic) bond motifs is 1. The zero-order chi connectivity index (χ0) is 20.4. The molecule has 0 amide bonds. The van der Waals surface area contributed by atoms with E-state index in [0.717, 1.165) is 29.7 Å². The Labute approximate surface area is 165 Å². The number of H-pyrrole nitrogens is 1. The van der Waals surface area contributed by atoms with Crippen molar-refractivity contribution in [2.24, 2.45) is 7.05 Å². The molecule has 3 rings (SSSR count). The van der Waals surface area contributed by atoms with Crippen LogP contribution >= 0.6 is 0 Å². The molecular weight excluding hydrogens is 352 g/mol. The molecule has 3 heterocycles. The summed E-state index contributed by atoms with van der Waals surface area (Å²) in [5, 5.41) is 4.62. The molecule has 0 unspecified atom stereocenters. The van der Waals surface area contributed by atoms with E-state index in [1.54, 1.807) is 10.7 Å². The first-order valence-corrected chi connectivity index (χ1v) is 9.55. The van der Waals surface area contributed by atoms with Crippen LogP contribution in [0.2, 0.25) is 0 Å². The van der Waals surface area contributed by atoms with E-state index in [1.165, 1.54) is 5.57 Å². The fourth-order valence-electron chi connectivity index (χ4n) is 3.16. The van der Waals surface area contributed by atoms with Gasteiger partial charge in [0.25, 0.3) is 5.56 Å². The molecule has 0 saturated carbocycles. The van der Waals surface area contributed by atoms with Gasteiger partial charge in [-0.2, -0.15) is 0 Å². The normalized spacial score (nSPS) is 12.8. The van der Waals surface area contributed by atoms with Gasteiger partial charge in [-0.05, 0) is 50.6 Å². The minimum atomic E-state index is -0.167. The van der Waals surface area contributed by atoms with Gasteiger partial charge in [0, 0.05) is 44.8 Å². The third kappa shape index (κ3) is 3.52. The van der Waals surface area contributed by atoms with Crippen LogP contribution in [0, 0.1) is 6.92 Å². The number of allylic oxidation sites excluding steroid dienone is 3. The highest BCUT2D eigenvalue weighted by Crippen LogP contribution is 2.28. The minimum Gasteiger partial charge on any atom is -0.381 e. The van der Waals surface area contributed by atoms with Crippen LogP contribution in [0.3, 0.4) is 0 Å². The molecule has 7 nitrogen and oxygen atoms in total. The number of imidazole rings is 1. The molecule has 0 aliphatic heterocycles. The van der Waals surface area contributed by atoms with Crippen molar-refractivity contribution < 1.29 is 0 Å². The highest BCUT2D eigenvalue weighted by atomic mass is 16.1. The maximum Gasteiger partial charge on any atom is 0.275 e. The fourth-order valence-corrected chi connectivity index (χ4v) is 3.16. The van der Waals surface area contributed by atoms with Crippen LogP contribution in [0.1, 0.15) is 38.3 Å². The minimum absolute atomic E-state index is 0.167. The summed E-state index contributed by atoms with van der Waals surface area (Å²) in [6, 6.07) is 0. The number of rotatable bonds is 6. The molecular formula is C21H28N6O. The summed E-state index contributed by atoms with van der Waals surface area (Å²) >= 11 is 0. The lowest BCUT2D eigenvalue weighted by Gasteiger charge is -2.12. The van der Waals surface area contributed by atoms with E-state index in [0.29, 0.717) is 17.2 Å². The van der Waals surface area contributed by atoms with Crippen LogP contribution < -0.4 is 5.56 Å². The molecule has 0 aromatic carbocycles. The summed E-state index contributed by atoms with van der Waals surface area (Å²) < 4.78 is 3.51. The van der Waals surface area contributed by atoms with Crippen molar-refractivity contribution in [1.82, 2.24) is 29.0 Å². The first kappa shape index (κ1) is 19.7. The largest absolute Gasteiger partial charge is 0.381 e. The molecule has 0 bridgehead atoms. The van der Waals surface area contributed by atoms with E-state index in [1.807, 2.05) is 38.0 Å². The molecule has 148 valence electrons. The molecule has 3 aromatic rings. The van der Waals surface area contributed by atoms with Gasteiger partial charge in [0.1, 0.15) is 5.52 Å². The maximum absolute atomic E-state index is 12.8. The second kappa shape index (κ2) is 7.88. The third-order valence-corrected chi connectivity index (χ3v) is 5.20. The Balaban J connectivity index is 2.20. The Morgan fingerprint density at radius 2 is 2.11 bits per heavy atom. The summed E-state index contributed by atoms with van der Waals surface area (Å²) in [7, 11) is 3.92.